The third-order valence-electron chi connectivity index (χ3n) is 3.20. The Morgan fingerprint density at radius 2 is 2.12 bits per heavy atom. The lowest BCUT2D eigenvalue weighted by molar-refractivity contribution is 0.0874. The zero-order valence-corrected chi connectivity index (χ0v) is 11.0. The number of aromatic nitrogens is 1. The van der Waals surface area contributed by atoms with Crippen molar-refractivity contribution >= 4 is 5.82 Å². The highest BCUT2D eigenvalue weighted by Crippen LogP contribution is 2.24. The maximum absolute atomic E-state index is 9.90. The molecule has 0 amide bonds. The summed E-state index contributed by atoms with van der Waals surface area (Å²) in [6.07, 6.45) is 3.49. The van der Waals surface area contributed by atoms with Gasteiger partial charge in [-0.05, 0) is 51.7 Å². The lowest BCUT2D eigenvalue weighted by Gasteiger charge is -2.29. The summed E-state index contributed by atoms with van der Waals surface area (Å²) >= 11 is 0. The third kappa shape index (κ3) is 2.97. The van der Waals surface area contributed by atoms with Gasteiger partial charge < -0.3 is 10.0 Å². The monoisotopic (exact) mass is 234 g/mol. The number of nitrogens with zero attached hydrogens (tertiary/aromatic N) is 2. The molecule has 0 bridgehead atoms. The number of aryl methyl sites for hydroxylation is 2. The molecule has 1 aromatic heterocycles. The minimum Gasteiger partial charge on any atom is -0.389 e. The first kappa shape index (κ1) is 12.4. The fraction of sp³-hybridized carbons (Fsp3) is 0.643. The van der Waals surface area contributed by atoms with Crippen LogP contribution in [0.25, 0.3) is 0 Å². The van der Waals surface area contributed by atoms with Crippen molar-refractivity contribution in [3.05, 3.63) is 23.4 Å². The average Bonchev–Trinajstić information content (AvgIpc) is 2.71. The van der Waals surface area contributed by atoms with Gasteiger partial charge in [0, 0.05) is 18.8 Å². The van der Waals surface area contributed by atoms with Gasteiger partial charge in [0.15, 0.2) is 0 Å². The van der Waals surface area contributed by atoms with Crippen LogP contribution < -0.4 is 4.90 Å². The second kappa shape index (κ2) is 4.65. The Bertz CT molecular complexity index is 396. The van der Waals surface area contributed by atoms with Gasteiger partial charge in [0.05, 0.1) is 5.60 Å². The average molecular weight is 234 g/mol. The molecule has 3 nitrogen and oxygen atoms in total. The number of anilines is 1. The van der Waals surface area contributed by atoms with Crippen LogP contribution in [0, 0.1) is 0 Å². The Hall–Kier alpha value is -1.09. The van der Waals surface area contributed by atoms with E-state index in [2.05, 4.69) is 24.0 Å². The predicted molar refractivity (Wildman–Crippen MR) is 70.4 cm³/mol. The quantitative estimate of drug-likeness (QED) is 0.867. The Labute approximate surface area is 103 Å². The summed E-state index contributed by atoms with van der Waals surface area (Å²) in [5.41, 5.74) is 1.96. The normalized spacial score (nSPS) is 14.8. The summed E-state index contributed by atoms with van der Waals surface area (Å²) in [4.78, 5) is 6.86. The lowest BCUT2D eigenvalue weighted by atomic mass is 10.1. The summed E-state index contributed by atoms with van der Waals surface area (Å²) in [7, 11) is 0. The van der Waals surface area contributed by atoms with Crippen LogP contribution in [0.2, 0.25) is 0 Å². The molecule has 1 N–H and O–H groups in total. The summed E-state index contributed by atoms with van der Waals surface area (Å²) in [6.45, 7) is 7.26. The van der Waals surface area contributed by atoms with Crippen LogP contribution in [0.4, 0.5) is 5.82 Å². The van der Waals surface area contributed by atoms with Crippen molar-refractivity contribution in [2.24, 2.45) is 0 Å². The molecule has 0 unspecified atom stereocenters. The number of aliphatic hydroxyl groups is 1. The van der Waals surface area contributed by atoms with Gasteiger partial charge in [-0.1, -0.05) is 6.07 Å². The number of rotatable bonds is 4. The molecule has 0 aliphatic heterocycles. The molecule has 0 aromatic carbocycles. The van der Waals surface area contributed by atoms with Crippen molar-refractivity contribution in [3.8, 4) is 0 Å². The number of likely N-dealkylation sites (N-methyl/N-ethyl adjacent to an activating group) is 1. The molecule has 2 rings (SSSR count). The van der Waals surface area contributed by atoms with Gasteiger partial charge in [0.1, 0.15) is 5.82 Å². The number of hydrogen-bond donors (Lipinski definition) is 1. The van der Waals surface area contributed by atoms with Crippen molar-refractivity contribution in [2.75, 3.05) is 18.0 Å². The van der Waals surface area contributed by atoms with Gasteiger partial charge in [-0.25, -0.2) is 4.98 Å². The van der Waals surface area contributed by atoms with E-state index in [4.69, 9.17) is 4.98 Å². The smallest absolute Gasteiger partial charge is 0.128 e. The fourth-order valence-corrected chi connectivity index (χ4v) is 2.41. The minimum atomic E-state index is -0.684. The van der Waals surface area contributed by atoms with E-state index in [0.29, 0.717) is 6.54 Å². The molecule has 1 aromatic rings. The van der Waals surface area contributed by atoms with E-state index < -0.39 is 5.60 Å². The number of fused-ring (bicyclic) bond motifs is 1. The molecule has 0 saturated heterocycles. The van der Waals surface area contributed by atoms with E-state index in [1.807, 2.05) is 13.8 Å². The van der Waals surface area contributed by atoms with Crippen molar-refractivity contribution in [2.45, 2.75) is 45.6 Å². The highest BCUT2D eigenvalue weighted by Gasteiger charge is 2.20. The Kier molecular flexibility index (Phi) is 3.38. The van der Waals surface area contributed by atoms with Crippen molar-refractivity contribution in [1.82, 2.24) is 4.98 Å². The van der Waals surface area contributed by atoms with Gasteiger partial charge in [-0.3, -0.25) is 0 Å². The van der Waals surface area contributed by atoms with Gasteiger partial charge >= 0.3 is 0 Å². The van der Waals surface area contributed by atoms with Crippen LogP contribution in [0.3, 0.4) is 0 Å². The first-order valence-electron chi connectivity index (χ1n) is 6.46. The molecule has 0 spiro atoms. The van der Waals surface area contributed by atoms with Gasteiger partial charge in [0.25, 0.3) is 0 Å². The molecule has 17 heavy (non-hydrogen) atoms. The molecule has 3 heteroatoms. The molecule has 1 aliphatic rings. The summed E-state index contributed by atoms with van der Waals surface area (Å²) < 4.78 is 0. The van der Waals surface area contributed by atoms with Crippen LogP contribution >= 0.6 is 0 Å². The second-order valence-electron chi connectivity index (χ2n) is 5.46. The Balaban J connectivity index is 2.20. The van der Waals surface area contributed by atoms with E-state index in [1.165, 1.54) is 24.1 Å². The molecule has 1 heterocycles. The van der Waals surface area contributed by atoms with Crippen LogP contribution in [-0.4, -0.2) is 28.8 Å². The Morgan fingerprint density at radius 1 is 1.35 bits per heavy atom. The van der Waals surface area contributed by atoms with Gasteiger partial charge in [0.2, 0.25) is 0 Å². The largest absolute Gasteiger partial charge is 0.389 e. The zero-order valence-electron chi connectivity index (χ0n) is 11.0. The molecule has 0 fully saturated rings. The van der Waals surface area contributed by atoms with Crippen LogP contribution in [-0.2, 0) is 12.8 Å². The first-order valence-corrected chi connectivity index (χ1v) is 6.46. The van der Waals surface area contributed by atoms with E-state index >= 15 is 0 Å². The van der Waals surface area contributed by atoms with E-state index in [-0.39, 0.29) is 0 Å². The van der Waals surface area contributed by atoms with E-state index in [0.717, 1.165) is 18.8 Å². The highest BCUT2D eigenvalue weighted by molar-refractivity contribution is 5.43. The maximum Gasteiger partial charge on any atom is 0.128 e. The predicted octanol–water partition coefficient (Wildman–Crippen LogP) is 2.17. The van der Waals surface area contributed by atoms with E-state index in [1.54, 1.807) is 0 Å². The molecule has 0 atom stereocenters. The molecule has 0 radical (unpaired) electrons. The van der Waals surface area contributed by atoms with Crippen molar-refractivity contribution in [3.63, 3.8) is 0 Å². The summed E-state index contributed by atoms with van der Waals surface area (Å²) in [5, 5.41) is 9.90. The van der Waals surface area contributed by atoms with Gasteiger partial charge in [-0.2, -0.15) is 0 Å². The summed E-state index contributed by atoms with van der Waals surface area (Å²) in [5.74, 6) is 0.996. The fourth-order valence-electron chi connectivity index (χ4n) is 2.41. The molecular weight excluding hydrogens is 212 g/mol. The highest BCUT2D eigenvalue weighted by atomic mass is 16.3. The summed E-state index contributed by atoms with van der Waals surface area (Å²) in [6, 6.07) is 4.27. The number of hydrogen-bond acceptors (Lipinski definition) is 3. The zero-order chi connectivity index (χ0) is 12.5. The topological polar surface area (TPSA) is 36.4 Å². The van der Waals surface area contributed by atoms with Crippen LogP contribution in [0.15, 0.2) is 12.1 Å². The van der Waals surface area contributed by atoms with Gasteiger partial charge in [-0.15, -0.1) is 0 Å². The lowest BCUT2D eigenvalue weighted by Crippen LogP contribution is -2.39. The SMILES string of the molecule is CCN(CC(C)(C)O)c1ccc2c(n1)CCC2. The van der Waals surface area contributed by atoms with Crippen molar-refractivity contribution in [1.29, 1.82) is 0 Å². The molecular formula is C14H22N2O. The molecule has 0 saturated carbocycles. The van der Waals surface area contributed by atoms with E-state index in [9.17, 15) is 5.11 Å². The maximum atomic E-state index is 9.90. The number of pyridine rings is 1. The minimum absolute atomic E-state index is 0.620. The third-order valence-corrected chi connectivity index (χ3v) is 3.20. The van der Waals surface area contributed by atoms with Crippen LogP contribution in [0.5, 0.6) is 0 Å². The van der Waals surface area contributed by atoms with Crippen LogP contribution in [0.1, 0.15) is 38.4 Å². The van der Waals surface area contributed by atoms with Crippen molar-refractivity contribution < 1.29 is 5.11 Å². The second-order valence-corrected chi connectivity index (χ2v) is 5.46. The standard InChI is InChI=1S/C14H22N2O/c1-4-16(10-14(2,3)17)13-9-8-11-6-5-7-12(11)15-13/h8-9,17H,4-7,10H2,1-3H3. The first-order chi connectivity index (χ1) is 7.99. The molecule has 94 valence electrons. The molecule has 1 aliphatic carbocycles. The Morgan fingerprint density at radius 3 is 2.76 bits per heavy atom.